The molecule has 0 fully saturated rings. The summed E-state index contributed by atoms with van der Waals surface area (Å²) in [6.45, 7) is 0. The normalized spacial score (nSPS) is 20.0. The Hall–Kier alpha value is -2.33. The Morgan fingerprint density at radius 1 is 0.909 bits per heavy atom. The fourth-order valence-corrected chi connectivity index (χ4v) is 2.99. The maximum atomic E-state index is 12.3. The molecule has 22 heavy (non-hydrogen) atoms. The van der Waals surface area contributed by atoms with Crippen LogP contribution in [0.15, 0.2) is 48.5 Å². The van der Waals surface area contributed by atoms with E-state index in [0.29, 0.717) is 5.56 Å². The summed E-state index contributed by atoms with van der Waals surface area (Å²) in [6, 6.07) is 15.7. The first-order chi connectivity index (χ1) is 10.5. The molecule has 114 valence electrons. The van der Waals surface area contributed by atoms with Crippen LogP contribution in [0.1, 0.15) is 21.5 Å². The van der Waals surface area contributed by atoms with E-state index in [0.717, 1.165) is 16.8 Å². The lowest BCUT2D eigenvalue weighted by Crippen LogP contribution is -2.42. The van der Waals surface area contributed by atoms with Crippen LogP contribution in [0.5, 0.6) is 0 Å². The van der Waals surface area contributed by atoms with E-state index in [2.05, 4.69) is 0 Å². The van der Waals surface area contributed by atoms with Gasteiger partial charge in [0.15, 0.2) is 0 Å². The second-order valence-corrected chi connectivity index (χ2v) is 5.91. The van der Waals surface area contributed by atoms with Crippen LogP contribution >= 0.6 is 0 Å². The van der Waals surface area contributed by atoms with Crippen molar-refractivity contribution in [2.75, 3.05) is 33.1 Å². The van der Waals surface area contributed by atoms with Crippen molar-refractivity contribution in [1.29, 1.82) is 0 Å². The lowest BCUT2D eigenvalue weighted by molar-refractivity contribution is -0.0620. The molecule has 3 rings (SSSR count). The summed E-state index contributed by atoms with van der Waals surface area (Å²) in [4.78, 5) is 16.3. The minimum atomic E-state index is -0.863. The number of anilines is 1. The van der Waals surface area contributed by atoms with Crippen molar-refractivity contribution in [2.45, 2.75) is 5.72 Å². The van der Waals surface area contributed by atoms with E-state index in [-0.39, 0.29) is 5.97 Å². The molecule has 1 atom stereocenters. The molecule has 0 radical (unpaired) electrons. The van der Waals surface area contributed by atoms with Gasteiger partial charge in [0.1, 0.15) is 0 Å². The topological polar surface area (TPSA) is 32.8 Å². The summed E-state index contributed by atoms with van der Waals surface area (Å²) in [5, 5.41) is 0. The number of ether oxygens (including phenoxy) is 1. The van der Waals surface area contributed by atoms with E-state index < -0.39 is 5.72 Å². The van der Waals surface area contributed by atoms with E-state index in [1.807, 2.05) is 86.5 Å². The summed E-state index contributed by atoms with van der Waals surface area (Å²) in [5.74, 6) is -0.277. The van der Waals surface area contributed by atoms with Crippen molar-refractivity contribution in [3.63, 3.8) is 0 Å². The van der Waals surface area contributed by atoms with Crippen molar-refractivity contribution in [1.82, 2.24) is 4.90 Å². The van der Waals surface area contributed by atoms with Crippen molar-refractivity contribution in [3.8, 4) is 0 Å². The molecule has 1 aliphatic rings. The summed E-state index contributed by atoms with van der Waals surface area (Å²) in [7, 11) is 7.85. The van der Waals surface area contributed by atoms with E-state index in [1.165, 1.54) is 0 Å². The molecule has 0 aromatic heterocycles. The number of cyclic esters (lactones) is 1. The van der Waals surface area contributed by atoms with Gasteiger partial charge in [0.2, 0.25) is 5.72 Å². The monoisotopic (exact) mass is 296 g/mol. The predicted molar refractivity (Wildman–Crippen MR) is 87.1 cm³/mol. The van der Waals surface area contributed by atoms with Gasteiger partial charge in [-0.05, 0) is 32.3 Å². The lowest BCUT2D eigenvalue weighted by Gasteiger charge is -2.36. The molecule has 0 saturated heterocycles. The molecule has 4 nitrogen and oxygen atoms in total. The molecule has 4 heteroatoms. The van der Waals surface area contributed by atoms with Crippen LogP contribution in [-0.4, -0.2) is 39.1 Å². The van der Waals surface area contributed by atoms with Crippen LogP contribution in [0, 0.1) is 0 Å². The molecular weight excluding hydrogens is 276 g/mol. The average molecular weight is 296 g/mol. The number of carbonyl (C=O) groups excluding carboxylic acids is 1. The molecule has 0 N–H and O–H groups in total. The molecule has 0 amide bonds. The van der Waals surface area contributed by atoms with E-state index in [9.17, 15) is 4.79 Å². The molecule has 2 aromatic carbocycles. The second kappa shape index (κ2) is 5.14. The van der Waals surface area contributed by atoms with Gasteiger partial charge in [-0.25, -0.2) is 4.79 Å². The zero-order valence-corrected chi connectivity index (χ0v) is 13.3. The van der Waals surface area contributed by atoms with Gasteiger partial charge in [-0.1, -0.05) is 30.3 Å². The predicted octanol–water partition coefficient (Wildman–Crippen LogP) is 2.69. The highest BCUT2D eigenvalue weighted by molar-refractivity contribution is 5.95. The Morgan fingerprint density at radius 2 is 1.55 bits per heavy atom. The Bertz CT molecular complexity index is 707. The Kier molecular flexibility index (Phi) is 3.41. The average Bonchev–Trinajstić information content (AvgIpc) is 2.82. The number of rotatable bonds is 3. The Labute approximate surface area is 130 Å². The maximum absolute atomic E-state index is 12.3. The van der Waals surface area contributed by atoms with Crippen LogP contribution in [-0.2, 0) is 10.5 Å². The van der Waals surface area contributed by atoms with Gasteiger partial charge in [0.05, 0.1) is 5.56 Å². The zero-order valence-electron chi connectivity index (χ0n) is 13.3. The van der Waals surface area contributed by atoms with Gasteiger partial charge in [-0.15, -0.1) is 0 Å². The minimum absolute atomic E-state index is 0.277. The van der Waals surface area contributed by atoms with Crippen molar-refractivity contribution in [2.24, 2.45) is 0 Å². The third-order valence-corrected chi connectivity index (χ3v) is 4.16. The highest BCUT2D eigenvalue weighted by Crippen LogP contribution is 2.43. The number of fused-ring (bicyclic) bond motifs is 1. The van der Waals surface area contributed by atoms with E-state index >= 15 is 0 Å². The summed E-state index contributed by atoms with van der Waals surface area (Å²) >= 11 is 0. The molecule has 1 heterocycles. The molecule has 0 aliphatic carbocycles. The number of carbonyl (C=O) groups is 1. The third kappa shape index (κ3) is 1.99. The molecular formula is C18H20N2O2. The molecule has 0 spiro atoms. The van der Waals surface area contributed by atoms with Crippen LogP contribution in [0.25, 0.3) is 0 Å². The smallest absolute Gasteiger partial charge is 0.340 e. The fourth-order valence-electron chi connectivity index (χ4n) is 2.99. The highest BCUT2D eigenvalue weighted by Gasteiger charge is 2.48. The SMILES string of the molecule is CN(C)c1ccc(C2(N(C)C)OC(=O)c3ccccc32)cc1. The van der Waals surface area contributed by atoms with Gasteiger partial charge in [-0.2, -0.15) is 0 Å². The molecule has 1 unspecified atom stereocenters. The Morgan fingerprint density at radius 3 is 2.14 bits per heavy atom. The van der Waals surface area contributed by atoms with Crippen molar-refractivity contribution < 1.29 is 9.53 Å². The standard InChI is InChI=1S/C18H20N2O2/c1-19(2)14-11-9-13(10-12-14)18(20(3)4)16-8-6-5-7-15(16)17(21)22-18/h5-12H,1-4H3. The second-order valence-electron chi connectivity index (χ2n) is 5.91. The van der Waals surface area contributed by atoms with Gasteiger partial charge < -0.3 is 9.64 Å². The first-order valence-corrected chi connectivity index (χ1v) is 7.25. The quantitative estimate of drug-likeness (QED) is 0.815. The van der Waals surface area contributed by atoms with Crippen LogP contribution < -0.4 is 4.90 Å². The van der Waals surface area contributed by atoms with Crippen LogP contribution in [0.4, 0.5) is 5.69 Å². The fraction of sp³-hybridized carbons (Fsp3) is 0.278. The minimum Gasteiger partial charge on any atom is -0.431 e. The number of nitrogens with zero attached hydrogens (tertiary/aromatic N) is 2. The van der Waals surface area contributed by atoms with Crippen molar-refractivity contribution >= 4 is 11.7 Å². The number of hydrogen-bond donors (Lipinski definition) is 0. The summed E-state index contributed by atoms with van der Waals surface area (Å²) in [5.41, 5.74) is 2.71. The third-order valence-electron chi connectivity index (χ3n) is 4.16. The number of esters is 1. The first kappa shape index (κ1) is 14.6. The van der Waals surface area contributed by atoms with Gasteiger partial charge in [0, 0.05) is 30.9 Å². The Balaban J connectivity index is 2.17. The van der Waals surface area contributed by atoms with Gasteiger partial charge >= 0.3 is 5.97 Å². The zero-order chi connectivity index (χ0) is 15.9. The largest absolute Gasteiger partial charge is 0.431 e. The molecule has 0 saturated carbocycles. The van der Waals surface area contributed by atoms with E-state index in [1.54, 1.807) is 0 Å². The first-order valence-electron chi connectivity index (χ1n) is 7.25. The highest BCUT2D eigenvalue weighted by atomic mass is 16.6. The summed E-state index contributed by atoms with van der Waals surface area (Å²) in [6.07, 6.45) is 0. The number of benzene rings is 2. The molecule has 0 bridgehead atoms. The van der Waals surface area contributed by atoms with Gasteiger partial charge in [-0.3, -0.25) is 4.90 Å². The summed E-state index contributed by atoms with van der Waals surface area (Å²) < 4.78 is 5.84. The lowest BCUT2D eigenvalue weighted by atomic mass is 9.91. The molecule has 2 aromatic rings. The number of hydrogen-bond acceptors (Lipinski definition) is 4. The van der Waals surface area contributed by atoms with Crippen LogP contribution in [0.2, 0.25) is 0 Å². The van der Waals surface area contributed by atoms with E-state index in [4.69, 9.17) is 4.74 Å². The van der Waals surface area contributed by atoms with Crippen molar-refractivity contribution in [3.05, 3.63) is 65.2 Å². The molecule has 1 aliphatic heterocycles. The maximum Gasteiger partial charge on any atom is 0.340 e. The van der Waals surface area contributed by atoms with Crippen LogP contribution in [0.3, 0.4) is 0 Å². The van der Waals surface area contributed by atoms with Gasteiger partial charge in [0.25, 0.3) is 0 Å².